The number of rotatable bonds is 9. The van der Waals surface area contributed by atoms with Crippen molar-refractivity contribution in [3.05, 3.63) is 48.0 Å². The molecule has 2 amide bonds. The normalized spacial score (nSPS) is 21.3. The molecule has 0 saturated carbocycles. The van der Waals surface area contributed by atoms with Gasteiger partial charge in [-0.25, -0.2) is 0 Å². The molecule has 1 aromatic rings. The summed E-state index contributed by atoms with van der Waals surface area (Å²) in [6.07, 6.45) is 5.26. The number of aliphatic hydroxyl groups excluding tert-OH is 1. The Bertz CT molecular complexity index is 793. The van der Waals surface area contributed by atoms with Crippen LogP contribution in [-0.2, 0) is 30.3 Å². The molecule has 0 spiro atoms. The summed E-state index contributed by atoms with van der Waals surface area (Å²) in [5.41, 5.74) is 0.296. The fraction of sp³-hybridized carbons (Fsp3) is 0.560. The van der Waals surface area contributed by atoms with Crippen LogP contribution in [0.3, 0.4) is 0 Å². The van der Waals surface area contributed by atoms with E-state index in [1.807, 2.05) is 42.5 Å². The minimum atomic E-state index is -0.764. The van der Waals surface area contributed by atoms with Crippen molar-refractivity contribution in [2.45, 2.75) is 45.1 Å². The van der Waals surface area contributed by atoms with Crippen LogP contribution >= 0.6 is 0 Å². The Balaban J connectivity index is 2.03. The monoisotopic (exact) mass is 460 g/mol. The van der Waals surface area contributed by atoms with Crippen LogP contribution in [-0.4, -0.2) is 61.4 Å². The molecule has 1 aromatic carbocycles. The molecule has 0 fully saturated rings. The molecule has 0 aliphatic carbocycles. The third-order valence-electron chi connectivity index (χ3n) is 5.31. The largest absolute Gasteiger partial charge is 0.463 e. The lowest BCUT2D eigenvalue weighted by Gasteiger charge is -2.29. The van der Waals surface area contributed by atoms with Crippen molar-refractivity contribution < 1.29 is 29.0 Å². The van der Waals surface area contributed by atoms with Gasteiger partial charge in [0, 0.05) is 13.0 Å². The number of allylic oxidation sites excluding steroid dienone is 2. The van der Waals surface area contributed by atoms with E-state index in [4.69, 9.17) is 14.6 Å². The first kappa shape index (κ1) is 26.5. The summed E-state index contributed by atoms with van der Waals surface area (Å²) >= 11 is 0. The van der Waals surface area contributed by atoms with E-state index in [0.29, 0.717) is 32.4 Å². The van der Waals surface area contributed by atoms with Gasteiger partial charge in [-0.3, -0.25) is 14.4 Å². The van der Waals surface area contributed by atoms with Crippen molar-refractivity contribution in [3.8, 4) is 0 Å². The maximum atomic E-state index is 12.9. The van der Waals surface area contributed by atoms with Crippen LogP contribution < -0.4 is 10.6 Å². The van der Waals surface area contributed by atoms with Gasteiger partial charge in [0.15, 0.2) is 0 Å². The van der Waals surface area contributed by atoms with Crippen LogP contribution in [0, 0.1) is 11.8 Å². The zero-order valence-corrected chi connectivity index (χ0v) is 19.5. The highest BCUT2D eigenvalue weighted by atomic mass is 16.5. The van der Waals surface area contributed by atoms with Gasteiger partial charge < -0.3 is 25.2 Å². The number of ether oxygens (including phenoxy) is 2. The van der Waals surface area contributed by atoms with Crippen LogP contribution in [0.1, 0.15) is 38.7 Å². The number of esters is 1. The number of benzene rings is 1. The lowest BCUT2D eigenvalue weighted by molar-refractivity contribution is -0.151. The van der Waals surface area contributed by atoms with Crippen molar-refractivity contribution >= 4 is 17.8 Å². The first-order valence-corrected chi connectivity index (χ1v) is 11.4. The Kier molecular flexibility index (Phi) is 11.1. The van der Waals surface area contributed by atoms with Crippen LogP contribution in [0.5, 0.6) is 0 Å². The summed E-state index contributed by atoms with van der Waals surface area (Å²) in [6.45, 7) is 4.39. The molecule has 8 nitrogen and oxygen atoms in total. The quantitative estimate of drug-likeness (QED) is 0.294. The maximum absolute atomic E-state index is 12.9. The Labute approximate surface area is 195 Å². The van der Waals surface area contributed by atoms with Crippen LogP contribution in [0.2, 0.25) is 0 Å². The third-order valence-corrected chi connectivity index (χ3v) is 5.31. The fourth-order valence-corrected chi connectivity index (χ4v) is 3.53. The molecule has 0 unspecified atom stereocenters. The highest BCUT2D eigenvalue weighted by Gasteiger charge is 2.30. The standard InChI is InChI=1S/C25H36N2O6/c1-25(2)18-33-24(31)21(16-19-8-4-3-5-9-19)11-7-6-10-20(23(30)27-25)17-22(29)26-12-14-32-15-13-28/h3-9,20-21,28H,10-18H2,1-2H3,(H,26,29)(H,27,30)/t20-,21+/m1/s1. The highest BCUT2D eigenvalue weighted by molar-refractivity contribution is 5.86. The topological polar surface area (TPSA) is 114 Å². The first-order valence-electron chi connectivity index (χ1n) is 11.4. The van der Waals surface area contributed by atoms with Crippen LogP contribution in [0.4, 0.5) is 0 Å². The molecule has 1 aliphatic rings. The molecule has 0 saturated heterocycles. The Hall–Kier alpha value is -2.71. The van der Waals surface area contributed by atoms with Gasteiger partial charge in [-0.1, -0.05) is 42.5 Å². The molecule has 2 rings (SSSR count). The van der Waals surface area contributed by atoms with Gasteiger partial charge in [-0.15, -0.1) is 0 Å². The van der Waals surface area contributed by atoms with Gasteiger partial charge >= 0.3 is 5.97 Å². The van der Waals surface area contributed by atoms with Gasteiger partial charge in [-0.2, -0.15) is 0 Å². The zero-order chi connectivity index (χ0) is 24.1. The van der Waals surface area contributed by atoms with Gasteiger partial charge in [0.2, 0.25) is 11.8 Å². The molecule has 8 heteroatoms. The first-order chi connectivity index (χ1) is 15.8. The average Bonchev–Trinajstić information content (AvgIpc) is 2.78. The van der Waals surface area contributed by atoms with E-state index in [1.165, 1.54) is 0 Å². The summed E-state index contributed by atoms with van der Waals surface area (Å²) in [4.78, 5) is 37.9. The van der Waals surface area contributed by atoms with E-state index in [9.17, 15) is 14.4 Å². The number of carbonyl (C=O) groups is 3. The Morgan fingerprint density at radius 2 is 1.85 bits per heavy atom. The van der Waals surface area contributed by atoms with E-state index in [0.717, 1.165) is 5.56 Å². The summed E-state index contributed by atoms with van der Waals surface area (Å²) in [7, 11) is 0. The molecule has 0 radical (unpaired) electrons. The smallest absolute Gasteiger partial charge is 0.309 e. The molecule has 0 bridgehead atoms. The Morgan fingerprint density at radius 1 is 1.15 bits per heavy atom. The summed E-state index contributed by atoms with van der Waals surface area (Å²) in [6, 6.07) is 9.80. The molecular weight excluding hydrogens is 424 g/mol. The summed E-state index contributed by atoms with van der Waals surface area (Å²) in [5, 5.41) is 14.4. The van der Waals surface area contributed by atoms with Crippen LogP contribution in [0.15, 0.2) is 42.5 Å². The third kappa shape index (κ3) is 10.2. The molecule has 33 heavy (non-hydrogen) atoms. The van der Waals surface area contributed by atoms with E-state index in [-0.39, 0.29) is 49.9 Å². The fourth-order valence-electron chi connectivity index (χ4n) is 3.53. The van der Waals surface area contributed by atoms with Crippen molar-refractivity contribution in [2.75, 3.05) is 33.0 Å². The second-order valence-electron chi connectivity index (χ2n) is 8.90. The molecule has 2 atom stereocenters. The van der Waals surface area contributed by atoms with Gasteiger partial charge in [0.1, 0.15) is 6.61 Å². The number of amides is 2. The van der Waals surface area contributed by atoms with Crippen molar-refractivity contribution in [3.63, 3.8) is 0 Å². The number of hydrogen-bond donors (Lipinski definition) is 3. The number of carbonyl (C=O) groups excluding carboxylic acids is 3. The Morgan fingerprint density at radius 3 is 2.55 bits per heavy atom. The van der Waals surface area contributed by atoms with E-state index >= 15 is 0 Å². The molecule has 1 aliphatic heterocycles. The molecular formula is C25H36N2O6. The van der Waals surface area contributed by atoms with Crippen molar-refractivity contribution in [2.24, 2.45) is 11.8 Å². The lowest BCUT2D eigenvalue weighted by Crippen LogP contribution is -2.50. The molecule has 182 valence electrons. The van der Waals surface area contributed by atoms with E-state index < -0.39 is 11.5 Å². The number of aliphatic hydroxyl groups is 1. The average molecular weight is 461 g/mol. The minimum absolute atomic E-state index is 0.0412. The van der Waals surface area contributed by atoms with Gasteiger partial charge in [0.05, 0.1) is 37.2 Å². The zero-order valence-electron chi connectivity index (χ0n) is 19.5. The molecule has 3 N–H and O–H groups in total. The second kappa shape index (κ2) is 13.7. The predicted octanol–water partition coefficient (Wildman–Crippen LogP) is 1.76. The van der Waals surface area contributed by atoms with Gasteiger partial charge in [-0.05, 0) is 38.7 Å². The van der Waals surface area contributed by atoms with E-state index in [2.05, 4.69) is 10.6 Å². The predicted molar refractivity (Wildman–Crippen MR) is 124 cm³/mol. The molecule has 0 aromatic heterocycles. The summed E-state index contributed by atoms with van der Waals surface area (Å²) < 4.78 is 10.7. The van der Waals surface area contributed by atoms with Gasteiger partial charge in [0.25, 0.3) is 0 Å². The highest BCUT2D eigenvalue weighted by Crippen LogP contribution is 2.19. The van der Waals surface area contributed by atoms with E-state index in [1.54, 1.807) is 13.8 Å². The van der Waals surface area contributed by atoms with Crippen molar-refractivity contribution in [1.82, 2.24) is 10.6 Å². The minimum Gasteiger partial charge on any atom is -0.463 e. The number of cyclic esters (lactones) is 1. The molecule has 1 heterocycles. The summed E-state index contributed by atoms with van der Waals surface area (Å²) in [5.74, 6) is -1.65. The van der Waals surface area contributed by atoms with Crippen molar-refractivity contribution in [1.29, 1.82) is 0 Å². The number of nitrogens with one attached hydrogen (secondary N) is 2. The van der Waals surface area contributed by atoms with Crippen LogP contribution in [0.25, 0.3) is 0 Å². The lowest BCUT2D eigenvalue weighted by atomic mass is 9.93. The second-order valence-corrected chi connectivity index (χ2v) is 8.90. The SMILES string of the molecule is CC1(C)COC(=O)[C@H](Cc2ccccc2)CC=CC[C@H](CC(=O)NCCOCCO)C(=O)N1. The number of hydrogen-bond acceptors (Lipinski definition) is 6. The maximum Gasteiger partial charge on any atom is 0.309 e.